The number of ether oxygens (including phenoxy) is 1. The lowest BCUT2D eigenvalue weighted by atomic mass is 9.49. The smallest absolute Gasteiger partial charge is 0.306 e. The standard InChI is InChI=1S/C22H26N2O3/c1-14-3-2-4-24-19(25)8-18(23-21(14)24)13-27-20(26)12-22-9-15-5-16(10-22)7-17(6-15)11-22/h2-4,8,15-17H,5-7,9-13H2,1H3. The zero-order chi connectivity index (χ0) is 18.6. The van der Waals surface area contributed by atoms with Gasteiger partial charge in [-0.1, -0.05) is 6.07 Å². The quantitative estimate of drug-likeness (QED) is 0.775. The summed E-state index contributed by atoms with van der Waals surface area (Å²) in [6.45, 7) is 2.00. The highest BCUT2D eigenvalue weighted by Gasteiger charge is 2.51. The van der Waals surface area contributed by atoms with Crippen LogP contribution in [0, 0.1) is 30.1 Å². The molecule has 0 atom stereocenters. The Bertz CT molecular complexity index is 926. The molecule has 27 heavy (non-hydrogen) atoms. The van der Waals surface area contributed by atoms with Gasteiger partial charge in [-0.2, -0.15) is 0 Å². The number of esters is 1. The molecule has 0 spiro atoms. The number of rotatable bonds is 4. The summed E-state index contributed by atoms with van der Waals surface area (Å²) >= 11 is 0. The number of aromatic nitrogens is 2. The summed E-state index contributed by atoms with van der Waals surface area (Å²) in [6, 6.07) is 5.21. The van der Waals surface area contributed by atoms with Crippen LogP contribution in [0.25, 0.3) is 5.65 Å². The summed E-state index contributed by atoms with van der Waals surface area (Å²) in [5.41, 5.74) is 2.11. The summed E-state index contributed by atoms with van der Waals surface area (Å²) in [6.07, 6.45) is 9.95. The van der Waals surface area contributed by atoms with Crippen molar-refractivity contribution in [3.63, 3.8) is 0 Å². The molecule has 0 unspecified atom stereocenters. The molecule has 0 aromatic carbocycles. The fourth-order valence-corrected chi connectivity index (χ4v) is 6.40. The van der Waals surface area contributed by atoms with E-state index in [0.717, 1.165) is 23.3 Å². The van der Waals surface area contributed by atoms with Gasteiger partial charge in [-0.25, -0.2) is 4.98 Å². The minimum absolute atomic E-state index is 0.0747. The van der Waals surface area contributed by atoms with Gasteiger partial charge in [0.2, 0.25) is 0 Å². The molecule has 0 saturated heterocycles. The maximum atomic E-state index is 12.6. The number of hydrogen-bond donors (Lipinski definition) is 0. The predicted molar refractivity (Wildman–Crippen MR) is 101 cm³/mol. The van der Waals surface area contributed by atoms with Crippen LogP contribution in [0.3, 0.4) is 0 Å². The molecule has 0 aliphatic heterocycles. The van der Waals surface area contributed by atoms with Gasteiger partial charge < -0.3 is 4.74 Å². The Morgan fingerprint density at radius 1 is 1.22 bits per heavy atom. The monoisotopic (exact) mass is 366 g/mol. The molecule has 2 aromatic heterocycles. The molecule has 4 fully saturated rings. The van der Waals surface area contributed by atoms with Gasteiger partial charge in [0.1, 0.15) is 12.3 Å². The first-order chi connectivity index (χ1) is 13.0. The summed E-state index contributed by atoms with van der Waals surface area (Å²) in [4.78, 5) is 29.4. The highest BCUT2D eigenvalue weighted by atomic mass is 16.5. The van der Waals surface area contributed by atoms with Crippen LogP contribution in [-0.4, -0.2) is 15.4 Å². The van der Waals surface area contributed by atoms with Crippen molar-refractivity contribution in [2.45, 2.75) is 58.5 Å². The van der Waals surface area contributed by atoms with Crippen molar-refractivity contribution in [1.82, 2.24) is 9.38 Å². The van der Waals surface area contributed by atoms with E-state index < -0.39 is 0 Å². The minimum atomic E-state index is -0.143. The number of pyridine rings is 1. The number of fused-ring (bicyclic) bond motifs is 1. The SMILES string of the molecule is Cc1cccn2c(=O)cc(COC(=O)CC34CC5CC(CC(C5)C3)C4)nc12. The van der Waals surface area contributed by atoms with Crippen molar-refractivity contribution in [3.8, 4) is 0 Å². The first-order valence-electron chi connectivity index (χ1n) is 10.1. The van der Waals surface area contributed by atoms with Crippen LogP contribution >= 0.6 is 0 Å². The summed E-state index contributed by atoms with van der Waals surface area (Å²) in [7, 11) is 0. The highest BCUT2D eigenvalue weighted by Crippen LogP contribution is 2.61. The van der Waals surface area contributed by atoms with E-state index in [2.05, 4.69) is 4.98 Å². The van der Waals surface area contributed by atoms with E-state index in [1.165, 1.54) is 49.0 Å². The Hall–Kier alpha value is -2.17. The second-order valence-corrected chi connectivity index (χ2v) is 9.23. The average Bonchev–Trinajstić information content (AvgIpc) is 2.59. The lowest BCUT2D eigenvalue weighted by molar-refractivity contribution is -0.153. The van der Waals surface area contributed by atoms with Crippen LogP contribution in [-0.2, 0) is 16.1 Å². The van der Waals surface area contributed by atoms with Crippen molar-refractivity contribution in [2.24, 2.45) is 23.2 Å². The molecular formula is C22H26N2O3. The molecule has 5 nitrogen and oxygen atoms in total. The number of aryl methyl sites for hydroxylation is 1. The Balaban J connectivity index is 1.28. The number of hydrogen-bond acceptors (Lipinski definition) is 4. The van der Waals surface area contributed by atoms with Crippen LogP contribution in [0.5, 0.6) is 0 Å². The largest absolute Gasteiger partial charge is 0.459 e. The minimum Gasteiger partial charge on any atom is -0.459 e. The Kier molecular flexibility index (Phi) is 3.88. The normalized spacial score (nSPS) is 31.4. The molecule has 0 N–H and O–H groups in total. The molecule has 2 heterocycles. The van der Waals surface area contributed by atoms with Gasteiger partial charge >= 0.3 is 5.97 Å². The van der Waals surface area contributed by atoms with Crippen molar-refractivity contribution in [1.29, 1.82) is 0 Å². The lowest BCUT2D eigenvalue weighted by Gasteiger charge is -2.56. The summed E-state index contributed by atoms with van der Waals surface area (Å²) in [5.74, 6) is 2.35. The first kappa shape index (κ1) is 17.0. The fraction of sp³-hybridized carbons (Fsp3) is 0.591. The van der Waals surface area contributed by atoms with Crippen LogP contribution in [0.1, 0.15) is 56.2 Å². The van der Waals surface area contributed by atoms with Crippen LogP contribution in [0.15, 0.2) is 29.2 Å². The fourth-order valence-electron chi connectivity index (χ4n) is 6.40. The second kappa shape index (κ2) is 6.18. The third kappa shape index (κ3) is 3.07. The number of carbonyl (C=O) groups excluding carboxylic acids is 1. The molecule has 4 aliphatic carbocycles. The van der Waals surface area contributed by atoms with Crippen molar-refractivity contribution < 1.29 is 9.53 Å². The molecule has 4 bridgehead atoms. The van der Waals surface area contributed by atoms with E-state index in [-0.39, 0.29) is 23.6 Å². The zero-order valence-electron chi connectivity index (χ0n) is 15.8. The predicted octanol–water partition coefficient (Wildman–Crippen LogP) is 3.65. The number of carbonyl (C=O) groups is 1. The molecule has 6 rings (SSSR count). The van der Waals surface area contributed by atoms with Gasteiger partial charge in [-0.05, 0) is 80.2 Å². The first-order valence-corrected chi connectivity index (χ1v) is 10.1. The van der Waals surface area contributed by atoms with Crippen LogP contribution in [0.4, 0.5) is 0 Å². The van der Waals surface area contributed by atoms with Crippen molar-refractivity contribution in [2.75, 3.05) is 0 Å². The third-order valence-electron chi connectivity index (χ3n) is 7.00. The van der Waals surface area contributed by atoms with Gasteiger partial charge in [0.05, 0.1) is 12.1 Å². The van der Waals surface area contributed by atoms with Gasteiger partial charge in [-0.3, -0.25) is 14.0 Å². The van der Waals surface area contributed by atoms with Crippen LogP contribution < -0.4 is 5.56 Å². The van der Waals surface area contributed by atoms with E-state index in [4.69, 9.17) is 4.74 Å². The summed E-state index contributed by atoms with van der Waals surface area (Å²) < 4.78 is 7.09. The maximum Gasteiger partial charge on any atom is 0.306 e. The molecule has 0 amide bonds. The molecule has 142 valence electrons. The van der Waals surface area contributed by atoms with E-state index in [9.17, 15) is 9.59 Å². The third-order valence-corrected chi connectivity index (χ3v) is 7.00. The molecule has 4 saturated carbocycles. The molecular weight excluding hydrogens is 340 g/mol. The lowest BCUT2D eigenvalue weighted by Crippen LogP contribution is -2.47. The highest BCUT2D eigenvalue weighted by molar-refractivity contribution is 5.70. The van der Waals surface area contributed by atoms with Crippen molar-refractivity contribution in [3.05, 3.63) is 46.0 Å². The van der Waals surface area contributed by atoms with E-state index in [1.807, 2.05) is 19.1 Å². The summed E-state index contributed by atoms with van der Waals surface area (Å²) in [5, 5.41) is 0. The maximum absolute atomic E-state index is 12.6. The molecule has 0 radical (unpaired) electrons. The van der Waals surface area contributed by atoms with E-state index in [0.29, 0.717) is 17.8 Å². The van der Waals surface area contributed by atoms with Gasteiger partial charge in [-0.15, -0.1) is 0 Å². The Morgan fingerprint density at radius 3 is 2.56 bits per heavy atom. The van der Waals surface area contributed by atoms with Gasteiger partial charge in [0.15, 0.2) is 0 Å². The van der Waals surface area contributed by atoms with Gasteiger partial charge in [0, 0.05) is 12.3 Å². The van der Waals surface area contributed by atoms with E-state index >= 15 is 0 Å². The Labute approximate surface area is 158 Å². The number of nitrogens with zero attached hydrogens (tertiary/aromatic N) is 2. The van der Waals surface area contributed by atoms with Gasteiger partial charge in [0.25, 0.3) is 5.56 Å². The topological polar surface area (TPSA) is 60.7 Å². The average molecular weight is 366 g/mol. The molecule has 4 aliphatic rings. The van der Waals surface area contributed by atoms with E-state index in [1.54, 1.807) is 6.20 Å². The Morgan fingerprint density at radius 2 is 1.89 bits per heavy atom. The van der Waals surface area contributed by atoms with Crippen molar-refractivity contribution >= 4 is 11.6 Å². The second-order valence-electron chi connectivity index (χ2n) is 9.23. The molecule has 2 aromatic rings. The zero-order valence-corrected chi connectivity index (χ0v) is 15.8. The molecule has 5 heteroatoms. The van der Waals surface area contributed by atoms with Crippen LogP contribution in [0.2, 0.25) is 0 Å².